The summed E-state index contributed by atoms with van der Waals surface area (Å²) in [4.78, 5) is 0. The Labute approximate surface area is 120 Å². The Kier molecular flexibility index (Phi) is 7.16. The SMILES string of the molecule is CCNC(Cc1cc(Cl)ccc1OC)C(OC)OC. The van der Waals surface area contributed by atoms with Gasteiger partial charge in [0.15, 0.2) is 6.29 Å². The summed E-state index contributed by atoms with van der Waals surface area (Å²) in [5.41, 5.74) is 1.03. The van der Waals surface area contributed by atoms with Gasteiger partial charge in [-0.05, 0) is 36.7 Å². The smallest absolute Gasteiger partial charge is 0.172 e. The molecule has 0 aliphatic heterocycles. The Morgan fingerprint density at radius 3 is 2.42 bits per heavy atom. The first kappa shape index (κ1) is 16.2. The van der Waals surface area contributed by atoms with E-state index in [0.29, 0.717) is 11.4 Å². The van der Waals surface area contributed by atoms with Gasteiger partial charge in [0.1, 0.15) is 5.75 Å². The van der Waals surface area contributed by atoms with Crippen LogP contribution in [0.15, 0.2) is 18.2 Å². The standard InChI is InChI=1S/C14H22ClNO3/c1-5-16-12(14(18-3)19-4)9-10-8-11(15)6-7-13(10)17-2/h6-8,12,14,16H,5,9H2,1-4H3. The van der Waals surface area contributed by atoms with E-state index in [4.69, 9.17) is 25.8 Å². The predicted molar refractivity (Wildman–Crippen MR) is 77.0 cm³/mol. The van der Waals surface area contributed by atoms with Crippen LogP contribution in [-0.4, -0.2) is 40.2 Å². The van der Waals surface area contributed by atoms with Crippen LogP contribution >= 0.6 is 11.6 Å². The Bertz CT molecular complexity index is 383. The van der Waals surface area contributed by atoms with Crippen molar-refractivity contribution in [1.82, 2.24) is 5.32 Å². The van der Waals surface area contributed by atoms with Gasteiger partial charge in [0, 0.05) is 19.2 Å². The molecule has 0 amide bonds. The molecule has 1 aromatic carbocycles. The summed E-state index contributed by atoms with van der Waals surface area (Å²) in [6.07, 6.45) is 0.396. The molecule has 0 radical (unpaired) electrons. The van der Waals surface area contributed by atoms with Gasteiger partial charge in [-0.2, -0.15) is 0 Å². The fraction of sp³-hybridized carbons (Fsp3) is 0.571. The van der Waals surface area contributed by atoms with Crippen LogP contribution in [0.1, 0.15) is 12.5 Å². The van der Waals surface area contributed by atoms with E-state index < -0.39 is 0 Å². The minimum atomic E-state index is -0.316. The molecule has 1 atom stereocenters. The third-order valence-electron chi connectivity index (χ3n) is 2.94. The molecule has 19 heavy (non-hydrogen) atoms. The van der Waals surface area contributed by atoms with Crippen molar-refractivity contribution in [3.8, 4) is 5.75 Å². The zero-order valence-electron chi connectivity index (χ0n) is 11.9. The van der Waals surface area contributed by atoms with Crippen molar-refractivity contribution in [2.75, 3.05) is 27.9 Å². The van der Waals surface area contributed by atoms with Gasteiger partial charge in [0.25, 0.3) is 0 Å². The molecule has 1 aromatic rings. The number of nitrogens with one attached hydrogen (secondary N) is 1. The van der Waals surface area contributed by atoms with Crippen LogP contribution in [0.5, 0.6) is 5.75 Å². The van der Waals surface area contributed by atoms with Crippen molar-refractivity contribution >= 4 is 11.6 Å². The van der Waals surface area contributed by atoms with Crippen LogP contribution in [0.25, 0.3) is 0 Å². The van der Waals surface area contributed by atoms with Gasteiger partial charge < -0.3 is 19.5 Å². The minimum Gasteiger partial charge on any atom is -0.496 e. The molecule has 0 heterocycles. The highest BCUT2D eigenvalue weighted by Gasteiger charge is 2.22. The summed E-state index contributed by atoms with van der Waals surface area (Å²) in [6.45, 7) is 2.88. The largest absolute Gasteiger partial charge is 0.496 e. The monoisotopic (exact) mass is 287 g/mol. The second-order valence-corrected chi connectivity index (χ2v) is 4.60. The third-order valence-corrected chi connectivity index (χ3v) is 3.18. The summed E-state index contributed by atoms with van der Waals surface area (Å²) in [5, 5.41) is 4.05. The molecule has 0 aliphatic rings. The molecule has 1 rings (SSSR count). The molecular formula is C14H22ClNO3. The van der Waals surface area contributed by atoms with Crippen LogP contribution in [0.2, 0.25) is 5.02 Å². The van der Waals surface area contributed by atoms with Crippen molar-refractivity contribution in [3.05, 3.63) is 28.8 Å². The minimum absolute atomic E-state index is 0.0346. The van der Waals surface area contributed by atoms with E-state index >= 15 is 0 Å². The fourth-order valence-corrected chi connectivity index (χ4v) is 2.29. The molecule has 0 saturated heterocycles. The van der Waals surface area contributed by atoms with Gasteiger partial charge in [-0.25, -0.2) is 0 Å². The summed E-state index contributed by atoms with van der Waals surface area (Å²) in [7, 11) is 4.92. The number of hydrogen-bond acceptors (Lipinski definition) is 4. The highest BCUT2D eigenvalue weighted by atomic mass is 35.5. The fourth-order valence-electron chi connectivity index (χ4n) is 2.10. The Balaban J connectivity index is 2.91. The first-order valence-corrected chi connectivity index (χ1v) is 6.65. The number of hydrogen-bond donors (Lipinski definition) is 1. The first-order chi connectivity index (χ1) is 9.15. The van der Waals surface area contributed by atoms with Crippen molar-refractivity contribution in [3.63, 3.8) is 0 Å². The Morgan fingerprint density at radius 2 is 1.89 bits per heavy atom. The van der Waals surface area contributed by atoms with Gasteiger partial charge in [-0.1, -0.05) is 18.5 Å². The number of methoxy groups -OCH3 is 3. The predicted octanol–water partition coefficient (Wildman–Crippen LogP) is 2.49. The normalized spacial score (nSPS) is 12.7. The van der Waals surface area contributed by atoms with Crippen molar-refractivity contribution < 1.29 is 14.2 Å². The second-order valence-electron chi connectivity index (χ2n) is 4.16. The summed E-state index contributed by atoms with van der Waals surface area (Å²) in [5.74, 6) is 0.818. The molecular weight excluding hydrogens is 266 g/mol. The molecule has 108 valence electrons. The lowest BCUT2D eigenvalue weighted by atomic mass is 10.0. The molecule has 1 N–H and O–H groups in total. The highest BCUT2D eigenvalue weighted by Crippen LogP contribution is 2.24. The maximum absolute atomic E-state index is 6.04. The number of rotatable bonds is 8. The number of benzene rings is 1. The summed E-state index contributed by atoms with van der Waals surface area (Å²) < 4.78 is 16.0. The van der Waals surface area contributed by atoms with Gasteiger partial charge in [0.05, 0.1) is 13.2 Å². The molecule has 0 fully saturated rings. The van der Waals surface area contributed by atoms with E-state index in [-0.39, 0.29) is 12.3 Å². The molecule has 5 heteroatoms. The highest BCUT2D eigenvalue weighted by molar-refractivity contribution is 6.30. The number of likely N-dealkylation sites (N-methyl/N-ethyl adjacent to an activating group) is 1. The zero-order chi connectivity index (χ0) is 14.3. The van der Waals surface area contributed by atoms with E-state index in [0.717, 1.165) is 17.9 Å². The lowest BCUT2D eigenvalue weighted by molar-refractivity contribution is -0.122. The topological polar surface area (TPSA) is 39.7 Å². The number of ether oxygens (including phenoxy) is 3. The van der Waals surface area contributed by atoms with E-state index in [2.05, 4.69) is 5.32 Å². The second kappa shape index (κ2) is 8.38. The van der Waals surface area contributed by atoms with Crippen LogP contribution < -0.4 is 10.1 Å². The number of halogens is 1. The summed E-state index contributed by atoms with van der Waals surface area (Å²) in [6, 6.07) is 5.63. The molecule has 4 nitrogen and oxygen atoms in total. The average Bonchev–Trinajstić information content (AvgIpc) is 2.40. The van der Waals surface area contributed by atoms with Crippen molar-refractivity contribution in [2.45, 2.75) is 25.7 Å². The summed E-state index contributed by atoms with van der Waals surface area (Å²) >= 11 is 6.04. The van der Waals surface area contributed by atoms with Crippen LogP contribution in [0, 0.1) is 0 Å². The average molecular weight is 288 g/mol. The van der Waals surface area contributed by atoms with Crippen molar-refractivity contribution in [1.29, 1.82) is 0 Å². The molecule has 0 aromatic heterocycles. The van der Waals surface area contributed by atoms with E-state index in [9.17, 15) is 0 Å². The quantitative estimate of drug-likeness (QED) is 0.746. The van der Waals surface area contributed by atoms with Gasteiger partial charge >= 0.3 is 0 Å². The van der Waals surface area contributed by atoms with Gasteiger partial charge in [0.2, 0.25) is 0 Å². The molecule has 0 aliphatic carbocycles. The molecule has 0 bridgehead atoms. The third kappa shape index (κ3) is 4.66. The van der Waals surface area contributed by atoms with Crippen LogP contribution in [-0.2, 0) is 15.9 Å². The maximum atomic E-state index is 6.04. The lowest BCUT2D eigenvalue weighted by Gasteiger charge is -2.26. The first-order valence-electron chi connectivity index (χ1n) is 6.27. The maximum Gasteiger partial charge on any atom is 0.172 e. The van der Waals surface area contributed by atoms with E-state index in [1.165, 1.54) is 0 Å². The molecule has 1 unspecified atom stereocenters. The lowest BCUT2D eigenvalue weighted by Crippen LogP contribution is -2.43. The zero-order valence-corrected chi connectivity index (χ0v) is 12.7. The molecule has 0 saturated carbocycles. The van der Waals surface area contributed by atoms with Crippen LogP contribution in [0.4, 0.5) is 0 Å². The van der Waals surface area contributed by atoms with Gasteiger partial charge in [-0.3, -0.25) is 0 Å². The van der Waals surface area contributed by atoms with Crippen LogP contribution in [0.3, 0.4) is 0 Å². The van der Waals surface area contributed by atoms with Crippen molar-refractivity contribution in [2.24, 2.45) is 0 Å². The Morgan fingerprint density at radius 1 is 1.21 bits per heavy atom. The Hall–Kier alpha value is -0.810. The van der Waals surface area contributed by atoms with E-state index in [1.807, 2.05) is 25.1 Å². The van der Waals surface area contributed by atoms with E-state index in [1.54, 1.807) is 21.3 Å². The molecule has 0 spiro atoms. The van der Waals surface area contributed by atoms with Gasteiger partial charge in [-0.15, -0.1) is 0 Å².